The Kier molecular flexibility index (Phi) is 4.54. The molecule has 0 atom stereocenters. The number of methoxy groups -OCH3 is 1. The molecule has 0 aliphatic heterocycles. The van der Waals surface area contributed by atoms with E-state index in [0.717, 1.165) is 10.8 Å². The number of hydrogen-bond donors (Lipinski definition) is 3. The van der Waals surface area contributed by atoms with Crippen LogP contribution in [0.4, 0.5) is 15.6 Å². The summed E-state index contributed by atoms with van der Waals surface area (Å²) in [5.74, 6) is 0.399. The van der Waals surface area contributed by atoms with Gasteiger partial charge in [-0.2, -0.15) is 0 Å². The molecule has 4 aromatic rings. The van der Waals surface area contributed by atoms with Gasteiger partial charge in [-0.05, 0) is 29.7 Å². The fourth-order valence-electron chi connectivity index (χ4n) is 2.93. The zero-order chi connectivity index (χ0) is 19.7. The molecule has 0 spiro atoms. The molecule has 2 amide bonds. The van der Waals surface area contributed by atoms with Crippen LogP contribution in [0.5, 0.6) is 5.75 Å². The largest absolute Gasteiger partial charge is 0.496 e. The van der Waals surface area contributed by atoms with Gasteiger partial charge in [0.25, 0.3) is 5.91 Å². The van der Waals surface area contributed by atoms with Gasteiger partial charge >= 0.3 is 6.09 Å². The lowest BCUT2D eigenvalue weighted by Crippen LogP contribution is -2.11. The van der Waals surface area contributed by atoms with Gasteiger partial charge in [0.05, 0.1) is 17.3 Å². The number of benzene rings is 3. The third-order valence-corrected chi connectivity index (χ3v) is 5.10. The van der Waals surface area contributed by atoms with Crippen molar-refractivity contribution in [3.05, 3.63) is 60.2 Å². The number of fused-ring (bicyclic) bond motifs is 2. The van der Waals surface area contributed by atoms with Gasteiger partial charge in [0.15, 0.2) is 5.13 Å². The Morgan fingerprint density at radius 2 is 1.89 bits per heavy atom. The molecule has 0 radical (unpaired) electrons. The van der Waals surface area contributed by atoms with Crippen molar-refractivity contribution in [1.29, 1.82) is 0 Å². The minimum atomic E-state index is -1.18. The maximum atomic E-state index is 12.7. The number of carboxylic acid groups (broad SMARTS) is 1. The number of thiazole rings is 1. The quantitative estimate of drug-likeness (QED) is 0.462. The van der Waals surface area contributed by atoms with Crippen LogP contribution < -0.4 is 15.4 Å². The zero-order valence-corrected chi connectivity index (χ0v) is 15.5. The van der Waals surface area contributed by atoms with Crippen molar-refractivity contribution in [2.75, 3.05) is 17.7 Å². The summed E-state index contributed by atoms with van der Waals surface area (Å²) in [5.41, 5.74) is 1.70. The Bertz CT molecular complexity index is 1220. The topological polar surface area (TPSA) is 101 Å². The Morgan fingerprint density at radius 1 is 1.07 bits per heavy atom. The van der Waals surface area contributed by atoms with Crippen molar-refractivity contribution in [3.63, 3.8) is 0 Å². The Morgan fingerprint density at radius 3 is 2.68 bits per heavy atom. The lowest BCUT2D eigenvalue weighted by Gasteiger charge is -2.10. The number of ether oxygens (including phenoxy) is 1. The number of carbonyl (C=O) groups excluding carboxylic acids is 1. The van der Waals surface area contributed by atoms with E-state index in [2.05, 4.69) is 15.6 Å². The third-order valence-electron chi connectivity index (χ3n) is 4.17. The molecule has 1 heterocycles. The maximum Gasteiger partial charge on any atom is 0.410 e. The van der Waals surface area contributed by atoms with Crippen molar-refractivity contribution in [2.24, 2.45) is 0 Å². The normalized spacial score (nSPS) is 10.8. The molecule has 140 valence electrons. The van der Waals surface area contributed by atoms with Crippen LogP contribution in [-0.4, -0.2) is 29.2 Å². The number of nitrogens with zero attached hydrogens (tertiary/aromatic N) is 1. The number of aromatic nitrogens is 1. The summed E-state index contributed by atoms with van der Waals surface area (Å²) in [4.78, 5) is 27.6. The van der Waals surface area contributed by atoms with E-state index >= 15 is 0 Å². The Balaban J connectivity index is 1.63. The number of nitrogens with one attached hydrogen (secondary N) is 2. The van der Waals surface area contributed by atoms with Gasteiger partial charge in [-0.25, -0.2) is 9.78 Å². The molecule has 7 nitrogen and oxygen atoms in total. The molecule has 0 bridgehead atoms. The number of hydrogen-bond acceptors (Lipinski definition) is 5. The number of rotatable bonds is 4. The average molecular weight is 393 g/mol. The molecule has 3 aromatic carbocycles. The monoisotopic (exact) mass is 393 g/mol. The Labute approximate surface area is 163 Å². The zero-order valence-electron chi connectivity index (χ0n) is 14.7. The number of carbonyl (C=O) groups is 2. The summed E-state index contributed by atoms with van der Waals surface area (Å²) < 4.78 is 6.15. The number of anilines is 2. The van der Waals surface area contributed by atoms with Crippen molar-refractivity contribution in [1.82, 2.24) is 4.98 Å². The molecule has 28 heavy (non-hydrogen) atoms. The van der Waals surface area contributed by atoms with Gasteiger partial charge in [0, 0.05) is 22.7 Å². The lowest BCUT2D eigenvalue weighted by molar-refractivity contribution is 0.102. The van der Waals surface area contributed by atoms with Crippen molar-refractivity contribution < 1.29 is 19.4 Å². The van der Waals surface area contributed by atoms with E-state index in [4.69, 9.17) is 9.84 Å². The van der Waals surface area contributed by atoms with E-state index in [9.17, 15) is 9.59 Å². The molecule has 0 unspecified atom stereocenters. The molecule has 1 aromatic heterocycles. The van der Waals surface area contributed by atoms with Gasteiger partial charge in [-0.3, -0.25) is 10.1 Å². The second-order valence-electron chi connectivity index (χ2n) is 5.99. The second kappa shape index (κ2) is 7.16. The van der Waals surface area contributed by atoms with E-state index in [1.807, 2.05) is 30.3 Å². The average Bonchev–Trinajstić information content (AvgIpc) is 3.07. The van der Waals surface area contributed by atoms with Crippen LogP contribution in [0.1, 0.15) is 10.4 Å². The van der Waals surface area contributed by atoms with Crippen LogP contribution in [0.3, 0.4) is 0 Å². The molecule has 0 fully saturated rings. The molecule has 0 aliphatic carbocycles. The summed E-state index contributed by atoms with van der Waals surface area (Å²) in [7, 11) is 1.59. The van der Waals surface area contributed by atoms with Gasteiger partial charge in [-0.1, -0.05) is 35.6 Å². The fourth-order valence-corrected chi connectivity index (χ4v) is 3.83. The van der Waals surface area contributed by atoms with Crippen LogP contribution in [0.25, 0.3) is 21.0 Å². The summed E-state index contributed by atoms with van der Waals surface area (Å²) in [5, 5.41) is 16.1. The van der Waals surface area contributed by atoms with Crippen LogP contribution in [-0.2, 0) is 0 Å². The van der Waals surface area contributed by atoms with Crippen LogP contribution in [0.2, 0.25) is 0 Å². The summed E-state index contributed by atoms with van der Waals surface area (Å²) in [6.07, 6.45) is -1.18. The first kappa shape index (κ1) is 17.7. The van der Waals surface area contributed by atoms with Crippen LogP contribution in [0, 0.1) is 0 Å². The highest BCUT2D eigenvalue weighted by molar-refractivity contribution is 7.22. The van der Waals surface area contributed by atoms with Gasteiger partial charge in [0.2, 0.25) is 0 Å². The van der Waals surface area contributed by atoms with E-state index in [1.165, 1.54) is 11.3 Å². The van der Waals surface area contributed by atoms with Gasteiger partial charge in [-0.15, -0.1) is 0 Å². The van der Waals surface area contributed by atoms with E-state index in [1.54, 1.807) is 31.4 Å². The van der Waals surface area contributed by atoms with Crippen molar-refractivity contribution in [2.45, 2.75) is 0 Å². The SMILES string of the molecule is COc1cc(NC(=O)c2ccc3nc(NC(=O)O)sc3c2)cc2ccccc12. The standard InChI is InChI=1S/C20H15N3O4S/c1-27-16-10-13(8-11-4-2-3-5-14(11)16)21-18(24)12-6-7-15-17(9-12)28-19(22-15)23-20(25)26/h2-10H,1H3,(H,21,24)(H,22,23)(H,25,26). The fraction of sp³-hybridized carbons (Fsp3) is 0.0500. The van der Waals surface area contributed by atoms with Crippen LogP contribution >= 0.6 is 11.3 Å². The highest BCUT2D eigenvalue weighted by Gasteiger charge is 2.12. The lowest BCUT2D eigenvalue weighted by atomic mass is 10.1. The van der Waals surface area contributed by atoms with E-state index in [-0.39, 0.29) is 11.0 Å². The number of amides is 2. The molecule has 0 aliphatic rings. The third kappa shape index (κ3) is 3.45. The van der Waals surface area contributed by atoms with E-state index in [0.29, 0.717) is 27.2 Å². The molecule has 4 rings (SSSR count). The predicted octanol–water partition coefficient (Wildman–Crippen LogP) is 4.80. The first-order chi connectivity index (χ1) is 13.5. The molecular weight excluding hydrogens is 378 g/mol. The predicted molar refractivity (Wildman–Crippen MR) is 110 cm³/mol. The Hall–Kier alpha value is -3.65. The highest BCUT2D eigenvalue weighted by atomic mass is 32.1. The second-order valence-corrected chi connectivity index (χ2v) is 7.02. The molecule has 0 saturated heterocycles. The van der Waals surface area contributed by atoms with Gasteiger partial charge < -0.3 is 15.2 Å². The first-order valence-electron chi connectivity index (χ1n) is 8.32. The molecular formula is C20H15N3O4S. The summed E-state index contributed by atoms with van der Waals surface area (Å²) >= 11 is 1.17. The first-order valence-corrected chi connectivity index (χ1v) is 9.14. The van der Waals surface area contributed by atoms with Gasteiger partial charge in [0.1, 0.15) is 5.75 Å². The molecule has 0 saturated carbocycles. The summed E-state index contributed by atoms with van der Waals surface area (Å²) in [6.45, 7) is 0. The smallest absolute Gasteiger partial charge is 0.410 e. The van der Waals surface area contributed by atoms with Crippen molar-refractivity contribution in [3.8, 4) is 5.75 Å². The van der Waals surface area contributed by atoms with Crippen LogP contribution in [0.15, 0.2) is 54.6 Å². The summed E-state index contributed by atoms with van der Waals surface area (Å²) in [6, 6.07) is 16.5. The minimum absolute atomic E-state index is 0.263. The van der Waals surface area contributed by atoms with E-state index < -0.39 is 6.09 Å². The van der Waals surface area contributed by atoms with Crippen molar-refractivity contribution >= 4 is 55.1 Å². The molecule has 3 N–H and O–H groups in total. The maximum absolute atomic E-state index is 12.7. The molecule has 8 heteroatoms. The highest BCUT2D eigenvalue weighted by Crippen LogP contribution is 2.31. The minimum Gasteiger partial charge on any atom is -0.496 e.